The number of esters is 2. The molecule has 17 heavy (non-hydrogen) atoms. The Hall–Kier alpha value is -0.140. The molecule has 0 saturated heterocycles. The van der Waals surface area contributed by atoms with Crippen molar-refractivity contribution in [1.82, 2.24) is 0 Å². The van der Waals surface area contributed by atoms with E-state index in [2.05, 4.69) is 31.9 Å². The van der Waals surface area contributed by atoms with Crippen molar-refractivity contribution >= 4 is 43.8 Å². The molecular formula is C10H16Br2O5. The van der Waals surface area contributed by atoms with Gasteiger partial charge in [0, 0.05) is 6.61 Å². The molecule has 0 aliphatic rings. The van der Waals surface area contributed by atoms with Gasteiger partial charge in [-0.3, -0.25) is 0 Å². The van der Waals surface area contributed by atoms with Gasteiger partial charge in [0.25, 0.3) is 4.32 Å². The van der Waals surface area contributed by atoms with Crippen LogP contribution in [-0.2, 0) is 23.8 Å². The molecule has 0 aromatic heterocycles. The number of ether oxygens (including phenoxy) is 3. The van der Waals surface area contributed by atoms with Gasteiger partial charge < -0.3 is 14.2 Å². The summed E-state index contributed by atoms with van der Waals surface area (Å²) in [7, 11) is 0. The molecule has 0 aliphatic carbocycles. The van der Waals surface area contributed by atoms with Gasteiger partial charge in [0.15, 0.2) is 0 Å². The number of alkyl halides is 2. The molecule has 0 spiro atoms. The molecule has 0 fully saturated rings. The van der Waals surface area contributed by atoms with E-state index >= 15 is 0 Å². The first-order valence-corrected chi connectivity index (χ1v) is 6.94. The van der Waals surface area contributed by atoms with Crippen molar-refractivity contribution in [3.05, 3.63) is 0 Å². The average Bonchev–Trinajstić information content (AvgIpc) is 2.28. The van der Waals surface area contributed by atoms with E-state index in [1.165, 1.54) is 0 Å². The zero-order valence-corrected chi connectivity index (χ0v) is 13.2. The van der Waals surface area contributed by atoms with E-state index in [0.717, 1.165) is 0 Å². The molecule has 0 heterocycles. The van der Waals surface area contributed by atoms with Gasteiger partial charge in [0.2, 0.25) is 0 Å². The van der Waals surface area contributed by atoms with Crippen LogP contribution < -0.4 is 0 Å². The monoisotopic (exact) mass is 374 g/mol. The molecule has 0 saturated carbocycles. The van der Waals surface area contributed by atoms with Crippen molar-refractivity contribution in [3.8, 4) is 0 Å². The zero-order valence-electron chi connectivity index (χ0n) is 10.00. The van der Waals surface area contributed by atoms with E-state index in [0.29, 0.717) is 6.61 Å². The third-order valence-electron chi connectivity index (χ3n) is 1.77. The van der Waals surface area contributed by atoms with E-state index < -0.39 is 21.3 Å². The van der Waals surface area contributed by atoms with E-state index in [1.54, 1.807) is 20.8 Å². The fourth-order valence-electron chi connectivity index (χ4n) is 1.00. The van der Waals surface area contributed by atoms with Crippen molar-refractivity contribution in [2.24, 2.45) is 0 Å². The van der Waals surface area contributed by atoms with Crippen LogP contribution in [0.15, 0.2) is 0 Å². The lowest BCUT2D eigenvalue weighted by atomic mass is 10.1. The minimum absolute atomic E-state index is 0.164. The lowest BCUT2D eigenvalue weighted by Crippen LogP contribution is -2.51. The Morgan fingerprint density at radius 2 is 1.47 bits per heavy atom. The summed E-state index contributed by atoms with van der Waals surface area (Å²) in [4.78, 5) is 23.6. The van der Waals surface area contributed by atoms with E-state index in [9.17, 15) is 9.59 Å². The molecule has 0 N–H and O–H groups in total. The van der Waals surface area contributed by atoms with Gasteiger partial charge in [-0.25, -0.2) is 9.59 Å². The minimum atomic E-state index is -1.69. The fraction of sp³-hybridized carbons (Fsp3) is 0.800. The first-order valence-electron chi connectivity index (χ1n) is 5.24. The highest BCUT2D eigenvalue weighted by atomic mass is 79.9. The topological polar surface area (TPSA) is 61.8 Å². The Balaban J connectivity index is 5.04. The Bertz CT molecular complexity index is 251. The normalized spacial score (nSPS) is 13.0. The molecule has 0 aliphatic heterocycles. The average molecular weight is 376 g/mol. The summed E-state index contributed by atoms with van der Waals surface area (Å²) in [6.07, 6.45) is 0. The minimum Gasteiger partial charge on any atom is -0.464 e. The highest BCUT2D eigenvalue weighted by Crippen LogP contribution is 2.32. The molecule has 5 nitrogen and oxygen atoms in total. The quantitative estimate of drug-likeness (QED) is 0.387. The van der Waals surface area contributed by atoms with Gasteiger partial charge >= 0.3 is 11.9 Å². The molecule has 100 valence electrons. The van der Waals surface area contributed by atoms with Gasteiger partial charge in [0.1, 0.15) is 5.01 Å². The van der Waals surface area contributed by atoms with Crippen LogP contribution in [0.2, 0.25) is 0 Å². The van der Waals surface area contributed by atoms with Crippen LogP contribution in [0.1, 0.15) is 20.8 Å². The number of hydrogen-bond acceptors (Lipinski definition) is 5. The maximum absolute atomic E-state index is 11.8. The van der Waals surface area contributed by atoms with Crippen molar-refractivity contribution in [2.75, 3.05) is 19.8 Å². The summed E-state index contributed by atoms with van der Waals surface area (Å²) >= 11 is 6.19. The molecule has 0 amide bonds. The summed E-state index contributed by atoms with van der Waals surface area (Å²) in [5, 5.41) is -0.863. The molecule has 7 heteroatoms. The molecule has 0 aromatic carbocycles. The maximum atomic E-state index is 11.8. The maximum Gasteiger partial charge on any atom is 0.338 e. The number of halogens is 2. The Morgan fingerprint density at radius 1 is 1.06 bits per heavy atom. The first kappa shape index (κ1) is 16.9. The van der Waals surface area contributed by atoms with Gasteiger partial charge in [-0.2, -0.15) is 0 Å². The lowest BCUT2D eigenvalue weighted by molar-refractivity contribution is -0.161. The third-order valence-corrected chi connectivity index (χ3v) is 4.40. The number of rotatable bonds is 7. The van der Waals surface area contributed by atoms with E-state index in [-0.39, 0.29) is 13.2 Å². The molecule has 1 unspecified atom stereocenters. The zero-order chi connectivity index (χ0) is 13.5. The van der Waals surface area contributed by atoms with Crippen LogP contribution in [0.3, 0.4) is 0 Å². The van der Waals surface area contributed by atoms with Crippen LogP contribution in [0.4, 0.5) is 0 Å². The lowest BCUT2D eigenvalue weighted by Gasteiger charge is -2.27. The van der Waals surface area contributed by atoms with E-state index in [4.69, 9.17) is 14.2 Å². The Morgan fingerprint density at radius 3 is 1.76 bits per heavy atom. The number of hydrogen-bond donors (Lipinski definition) is 0. The second-order valence-electron chi connectivity index (χ2n) is 2.92. The second kappa shape index (κ2) is 8.05. The third kappa shape index (κ3) is 4.22. The van der Waals surface area contributed by atoms with E-state index in [1.807, 2.05) is 0 Å². The Labute approximate surface area is 117 Å². The SMILES string of the molecule is CCOC(=O)C(Br)(C(=O)OCC)C(Br)OCC. The van der Waals surface area contributed by atoms with Gasteiger partial charge in [-0.15, -0.1) is 0 Å². The molecule has 0 bridgehead atoms. The second-order valence-corrected chi connectivity index (χ2v) is 5.01. The Kier molecular flexibility index (Phi) is 7.98. The van der Waals surface area contributed by atoms with Gasteiger partial charge in [-0.05, 0) is 20.8 Å². The number of carbonyl (C=O) groups excluding carboxylic acids is 2. The van der Waals surface area contributed by atoms with Crippen molar-refractivity contribution in [1.29, 1.82) is 0 Å². The van der Waals surface area contributed by atoms with Gasteiger partial charge in [-0.1, -0.05) is 31.9 Å². The first-order chi connectivity index (χ1) is 7.94. The fourth-order valence-corrected chi connectivity index (χ4v) is 2.00. The van der Waals surface area contributed by atoms with Crippen molar-refractivity contribution in [2.45, 2.75) is 30.1 Å². The molecule has 0 aromatic rings. The van der Waals surface area contributed by atoms with Crippen molar-refractivity contribution < 1.29 is 23.8 Å². The van der Waals surface area contributed by atoms with Crippen LogP contribution in [0.5, 0.6) is 0 Å². The standard InChI is InChI=1S/C10H16Br2O5/c1-4-15-7(11)10(12,8(13)16-5-2)9(14)17-6-3/h7H,4-6H2,1-3H3. The van der Waals surface area contributed by atoms with Gasteiger partial charge in [0.05, 0.1) is 13.2 Å². The summed E-state index contributed by atoms with van der Waals surface area (Å²) < 4.78 is 13.2. The summed E-state index contributed by atoms with van der Waals surface area (Å²) in [5.41, 5.74) is 0. The summed E-state index contributed by atoms with van der Waals surface area (Å²) in [6, 6.07) is 0. The van der Waals surface area contributed by atoms with Crippen LogP contribution in [-0.4, -0.2) is 41.1 Å². The predicted octanol–water partition coefficient (Wildman–Crippen LogP) is 2.00. The highest BCUT2D eigenvalue weighted by Gasteiger charge is 2.53. The van der Waals surface area contributed by atoms with Crippen LogP contribution >= 0.6 is 31.9 Å². The largest absolute Gasteiger partial charge is 0.464 e. The molecular weight excluding hydrogens is 360 g/mol. The molecule has 0 radical (unpaired) electrons. The predicted molar refractivity (Wildman–Crippen MR) is 69.3 cm³/mol. The summed E-state index contributed by atoms with van der Waals surface area (Å²) in [6.45, 7) is 5.72. The summed E-state index contributed by atoms with van der Waals surface area (Å²) in [5.74, 6) is -1.48. The molecule has 1 atom stereocenters. The highest BCUT2D eigenvalue weighted by molar-refractivity contribution is 9.13. The molecule has 0 rings (SSSR count). The van der Waals surface area contributed by atoms with Crippen LogP contribution in [0, 0.1) is 0 Å². The number of carbonyl (C=O) groups is 2. The van der Waals surface area contributed by atoms with Crippen LogP contribution in [0.25, 0.3) is 0 Å². The van der Waals surface area contributed by atoms with Crippen molar-refractivity contribution in [3.63, 3.8) is 0 Å². The smallest absolute Gasteiger partial charge is 0.338 e.